The number of sulfone groups is 1. The van der Waals surface area contributed by atoms with Gasteiger partial charge < -0.3 is 15.4 Å². The van der Waals surface area contributed by atoms with Crippen LogP contribution in [0.1, 0.15) is 39.5 Å². The summed E-state index contributed by atoms with van der Waals surface area (Å²) in [5.41, 5.74) is 0. The SMILES string of the molecule is CN=C(NCCOCCS(C)(=O)=O)NC1CCC(C(C)C)CC1.I. The van der Waals surface area contributed by atoms with E-state index in [2.05, 4.69) is 29.5 Å². The summed E-state index contributed by atoms with van der Waals surface area (Å²) in [6.45, 7) is 5.94. The molecule has 24 heavy (non-hydrogen) atoms. The van der Waals surface area contributed by atoms with Crippen molar-refractivity contribution in [1.29, 1.82) is 0 Å². The molecule has 0 unspecified atom stereocenters. The molecule has 8 heteroatoms. The molecular formula is C16H34IN3O3S. The molecule has 0 saturated heterocycles. The van der Waals surface area contributed by atoms with E-state index in [1.807, 2.05) is 0 Å². The summed E-state index contributed by atoms with van der Waals surface area (Å²) in [6.07, 6.45) is 6.15. The highest BCUT2D eigenvalue weighted by Crippen LogP contribution is 2.29. The molecule has 0 aromatic rings. The van der Waals surface area contributed by atoms with Crippen LogP contribution in [0.4, 0.5) is 0 Å². The number of hydrogen-bond donors (Lipinski definition) is 2. The number of ether oxygens (including phenoxy) is 1. The van der Waals surface area contributed by atoms with Gasteiger partial charge >= 0.3 is 0 Å². The van der Waals surface area contributed by atoms with Crippen LogP contribution in [0.15, 0.2) is 4.99 Å². The van der Waals surface area contributed by atoms with E-state index in [1.165, 1.54) is 31.9 Å². The van der Waals surface area contributed by atoms with Crippen molar-refractivity contribution < 1.29 is 13.2 Å². The third kappa shape index (κ3) is 10.7. The van der Waals surface area contributed by atoms with Gasteiger partial charge in [0.05, 0.1) is 19.0 Å². The molecule has 1 saturated carbocycles. The van der Waals surface area contributed by atoms with Crippen LogP contribution in [0.2, 0.25) is 0 Å². The van der Waals surface area contributed by atoms with Gasteiger partial charge in [0.25, 0.3) is 0 Å². The van der Waals surface area contributed by atoms with Gasteiger partial charge in [-0.2, -0.15) is 0 Å². The average Bonchev–Trinajstić information content (AvgIpc) is 2.48. The van der Waals surface area contributed by atoms with Crippen LogP contribution in [0, 0.1) is 11.8 Å². The second kappa shape index (κ2) is 12.3. The molecule has 0 amide bonds. The molecule has 1 aliphatic carbocycles. The zero-order chi connectivity index (χ0) is 17.3. The zero-order valence-electron chi connectivity index (χ0n) is 15.4. The van der Waals surface area contributed by atoms with Crippen molar-refractivity contribution >= 4 is 39.8 Å². The fraction of sp³-hybridized carbons (Fsp3) is 0.938. The Morgan fingerprint density at radius 1 is 1.21 bits per heavy atom. The first-order chi connectivity index (χ1) is 10.8. The topological polar surface area (TPSA) is 79.8 Å². The Labute approximate surface area is 164 Å². The number of halogens is 1. The molecule has 1 aliphatic rings. The Hall–Kier alpha value is -0.0900. The molecule has 0 radical (unpaired) electrons. The van der Waals surface area contributed by atoms with Crippen LogP contribution in [-0.2, 0) is 14.6 Å². The first kappa shape index (κ1) is 23.9. The van der Waals surface area contributed by atoms with Crippen LogP contribution < -0.4 is 10.6 Å². The van der Waals surface area contributed by atoms with Gasteiger partial charge in [-0.3, -0.25) is 4.99 Å². The second-order valence-corrected chi connectivity index (χ2v) is 9.00. The van der Waals surface area contributed by atoms with Gasteiger partial charge in [0.15, 0.2) is 5.96 Å². The molecule has 144 valence electrons. The first-order valence-corrected chi connectivity index (χ1v) is 10.6. The third-order valence-corrected chi connectivity index (χ3v) is 5.32. The van der Waals surface area contributed by atoms with Crippen molar-refractivity contribution in [2.24, 2.45) is 16.8 Å². The predicted molar refractivity (Wildman–Crippen MR) is 111 cm³/mol. The van der Waals surface area contributed by atoms with Gasteiger partial charge in [-0.15, -0.1) is 24.0 Å². The zero-order valence-corrected chi connectivity index (χ0v) is 18.5. The fourth-order valence-electron chi connectivity index (χ4n) is 2.87. The van der Waals surface area contributed by atoms with Crippen LogP contribution in [-0.4, -0.2) is 59.2 Å². The number of nitrogens with zero attached hydrogens (tertiary/aromatic N) is 1. The van der Waals surface area contributed by atoms with E-state index in [9.17, 15) is 8.42 Å². The highest BCUT2D eigenvalue weighted by atomic mass is 127. The van der Waals surface area contributed by atoms with Crippen LogP contribution in [0.5, 0.6) is 0 Å². The first-order valence-electron chi connectivity index (χ1n) is 8.54. The quantitative estimate of drug-likeness (QED) is 0.243. The van der Waals surface area contributed by atoms with Crippen molar-refractivity contribution in [3.63, 3.8) is 0 Å². The number of aliphatic imine (C=N–C) groups is 1. The van der Waals surface area contributed by atoms with Gasteiger partial charge in [-0.1, -0.05) is 13.8 Å². The highest BCUT2D eigenvalue weighted by Gasteiger charge is 2.23. The van der Waals surface area contributed by atoms with Gasteiger partial charge in [0.1, 0.15) is 9.84 Å². The summed E-state index contributed by atoms with van der Waals surface area (Å²) < 4.78 is 27.3. The summed E-state index contributed by atoms with van der Waals surface area (Å²) >= 11 is 0. The monoisotopic (exact) mass is 475 g/mol. The summed E-state index contributed by atoms with van der Waals surface area (Å²) in [7, 11) is -1.18. The normalized spacial score (nSPS) is 22.1. The van der Waals surface area contributed by atoms with Crippen molar-refractivity contribution in [3.05, 3.63) is 0 Å². The minimum atomic E-state index is -2.94. The Bertz CT molecular complexity index is 461. The van der Waals surface area contributed by atoms with Crippen LogP contribution in [0.25, 0.3) is 0 Å². The van der Waals surface area contributed by atoms with E-state index in [4.69, 9.17) is 4.74 Å². The molecule has 2 N–H and O–H groups in total. The van der Waals surface area contributed by atoms with E-state index in [-0.39, 0.29) is 36.3 Å². The van der Waals surface area contributed by atoms with Crippen molar-refractivity contribution in [2.45, 2.75) is 45.6 Å². The second-order valence-electron chi connectivity index (χ2n) is 6.74. The molecule has 0 spiro atoms. The summed E-state index contributed by atoms with van der Waals surface area (Å²) in [4.78, 5) is 4.24. The minimum absolute atomic E-state index is 0. The molecule has 0 aromatic carbocycles. The van der Waals surface area contributed by atoms with E-state index in [0.717, 1.165) is 17.8 Å². The molecule has 1 rings (SSSR count). The Balaban J connectivity index is 0.00000529. The van der Waals surface area contributed by atoms with E-state index < -0.39 is 9.84 Å². The fourth-order valence-corrected chi connectivity index (χ4v) is 3.29. The lowest BCUT2D eigenvalue weighted by atomic mass is 9.80. The average molecular weight is 475 g/mol. The summed E-state index contributed by atoms with van der Waals surface area (Å²) in [5.74, 6) is 2.49. The van der Waals surface area contributed by atoms with Gasteiger partial charge in [-0.05, 0) is 37.5 Å². The number of rotatable bonds is 8. The standard InChI is InChI=1S/C16H33N3O3S.HI/c1-13(2)14-5-7-15(8-6-14)19-16(17-3)18-9-10-22-11-12-23(4,20)21;/h13-15H,5-12H2,1-4H3,(H2,17,18,19);1H. The Morgan fingerprint density at radius 3 is 2.33 bits per heavy atom. The van der Waals surface area contributed by atoms with Gasteiger partial charge in [0.2, 0.25) is 0 Å². The summed E-state index contributed by atoms with van der Waals surface area (Å²) in [5, 5.41) is 6.68. The molecule has 0 heterocycles. The molecule has 0 aromatic heterocycles. The maximum Gasteiger partial charge on any atom is 0.191 e. The van der Waals surface area contributed by atoms with Gasteiger partial charge in [0, 0.05) is 25.9 Å². The Kier molecular flexibility index (Phi) is 12.2. The molecule has 0 bridgehead atoms. The number of nitrogens with one attached hydrogen (secondary N) is 2. The molecule has 0 atom stereocenters. The van der Waals surface area contributed by atoms with Crippen molar-refractivity contribution in [1.82, 2.24) is 10.6 Å². The molecular weight excluding hydrogens is 441 g/mol. The van der Waals surface area contributed by atoms with E-state index >= 15 is 0 Å². The Morgan fingerprint density at radius 2 is 1.83 bits per heavy atom. The van der Waals surface area contributed by atoms with E-state index in [0.29, 0.717) is 19.2 Å². The molecule has 1 fully saturated rings. The van der Waals surface area contributed by atoms with E-state index in [1.54, 1.807) is 7.05 Å². The predicted octanol–water partition coefficient (Wildman–Crippen LogP) is 2.05. The largest absolute Gasteiger partial charge is 0.379 e. The summed E-state index contributed by atoms with van der Waals surface area (Å²) in [6, 6.07) is 0.488. The maximum atomic E-state index is 11.0. The third-order valence-electron chi connectivity index (χ3n) is 4.42. The van der Waals surface area contributed by atoms with Crippen molar-refractivity contribution in [2.75, 3.05) is 38.8 Å². The molecule has 6 nitrogen and oxygen atoms in total. The lowest BCUT2D eigenvalue weighted by Gasteiger charge is -2.32. The number of hydrogen-bond acceptors (Lipinski definition) is 4. The maximum absolute atomic E-state index is 11.0. The lowest BCUT2D eigenvalue weighted by Crippen LogP contribution is -2.46. The highest BCUT2D eigenvalue weighted by molar-refractivity contribution is 14.0. The van der Waals surface area contributed by atoms with Crippen molar-refractivity contribution in [3.8, 4) is 0 Å². The van der Waals surface area contributed by atoms with Crippen LogP contribution in [0.3, 0.4) is 0 Å². The van der Waals surface area contributed by atoms with Gasteiger partial charge in [-0.25, -0.2) is 8.42 Å². The number of guanidine groups is 1. The lowest BCUT2D eigenvalue weighted by molar-refractivity contribution is 0.153. The van der Waals surface area contributed by atoms with Crippen LogP contribution >= 0.6 is 24.0 Å². The molecule has 0 aliphatic heterocycles. The smallest absolute Gasteiger partial charge is 0.191 e. The minimum Gasteiger partial charge on any atom is -0.379 e.